The van der Waals surface area contributed by atoms with Crippen molar-refractivity contribution in [1.29, 1.82) is 0 Å². The Kier molecular flexibility index (Phi) is 4.99. The number of aromatic amines is 1. The van der Waals surface area contributed by atoms with Crippen LogP contribution in [0.3, 0.4) is 0 Å². The van der Waals surface area contributed by atoms with Crippen LogP contribution in [-0.2, 0) is 0 Å². The van der Waals surface area contributed by atoms with Crippen LogP contribution >= 0.6 is 11.8 Å². The second kappa shape index (κ2) is 6.73. The van der Waals surface area contributed by atoms with E-state index in [0.717, 1.165) is 23.3 Å². The van der Waals surface area contributed by atoms with Crippen molar-refractivity contribution in [2.45, 2.75) is 32.0 Å². The molecule has 0 aliphatic rings. The van der Waals surface area contributed by atoms with Gasteiger partial charge in [-0.1, -0.05) is 43.0 Å². The Morgan fingerprint density at radius 2 is 2.11 bits per heavy atom. The van der Waals surface area contributed by atoms with Gasteiger partial charge >= 0.3 is 0 Å². The van der Waals surface area contributed by atoms with Gasteiger partial charge in [-0.2, -0.15) is 0 Å². The molecule has 1 heterocycles. The highest BCUT2D eigenvalue weighted by Gasteiger charge is 2.14. The molecule has 0 saturated carbocycles. The summed E-state index contributed by atoms with van der Waals surface area (Å²) in [7, 11) is 0. The molecule has 0 saturated heterocycles. The van der Waals surface area contributed by atoms with E-state index in [-0.39, 0.29) is 0 Å². The number of aryl methyl sites for hydroxylation is 2. The maximum Gasteiger partial charge on any atom is 0.208 e. The summed E-state index contributed by atoms with van der Waals surface area (Å²) in [5.74, 6) is 1.79. The molecular weight excluding hydrogens is 256 g/mol. The summed E-state index contributed by atoms with van der Waals surface area (Å²) in [5.41, 5.74) is 2.67. The Balaban J connectivity index is 2.06. The Labute approximate surface area is 118 Å². The molecular formula is C14H20N4S. The van der Waals surface area contributed by atoms with Crippen molar-refractivity contribution < 1.29 is 0 Å². The third kappa shape index (κ3) is 3.81. The minimum atomic E-state index is 0.329. The molecule has 1 aromatic heterocycles. The van der Waals surface area contributed by atoms with Gasteiger partial charge in [0.2, 0.25) is 5.16 Å². The maximum atomic E-state index is 4.33. The van der Waals surface area contributed by atoms with Crippen molar-refractivity contribution >= 4 is 11.8 Å². The molecule has 0 radical (unpaired) electrons. The van der Waals surface area contributed by atoms with Gasteiger partial charge in [-0.25, -0.2) is 4.98 Å². The summed E-state index contributed by atoms with van der Waals surface area (Å²) in [6.45, 7) is 7.15. The van der Waals surface area contributed by atoms with Crippen LogP contribution in [0.15, 0.2) is 29.4 Å². The third-order valence-electron chi connectivity index (χ3n) is 2.97. The Morgan fingerprint density at radius 1 is 1.32 bits per heavy atom. The first-order valence-corrected chi connectivity index (χ1v) is 7.50. The van der Waals surface area contributed by atoms with Crippen LogP contribution < -0.4 is 5.32 Å². The van der Waals surface area contributed by atoms with Crippen molar-refractivity contribution in [2.75, 3.05) is 12.3 Å². The molecule has 19 heavy (non-hydrogen) atoms. The first-order chi connectivity index (χ1) is 9.20. The van der Waals surface area contributed by atoms with Gasteiger partial charge in [0.1, 0.15) is 5.82 Å². The van der Waals surface area contributed by atoms with E-state index in [9.17, 15) is 0 Å². The smallest absolute Gasteiger partial charge is 0.208 e. The number of aromatic nitrogens is 3. The average molecular weight is 276 g/mol. The molecule has 0 spiro atoms. The average Bonchev–Trinajstić information content (AvgIpc) is 2.81. The largest absolute Gasteiger partial charge is 0.309 e. The lowest BCUT2D eigenvalue weighted by Gasteiger charge is -2.19. The summed E-state index contributed by atoms with van der Waals surface area (Å²) < 4.78 is 0. The van der Waals surface area contributed by atoms with Gasteiger partial charge in [0.25, 0.3) is 0 Å². The molecule has 5 heteroatoms. The van der Waals surface area contributed by atoms with Gasteiger partial charge in [-0.15, -0.1) is 5.10 Å². The highest BCUT2D eigenvalue weighted by molar-refractivity contribution is 7.99. The number of nitrogens with zero attached hydrogens (tertiary/aromatic N) is 2. The van der Waals surface area contributed by atoms with Gasteiger partial charge in [-0.05, 0) is 31.5 Å². The van der Waals surface area contributed by atoms with Crippen molar-refractivity contribution in [3.63, 3.8) is 0 Å². The molecule has 0 amide bonds. The second-order valence-electron chi connectivity index (χ2n) is 4.48. The normalized spacial score (nSPS) is 12.6. The van der Waals surface area contributed by atoms with Crippen LogP contribution in [0.1, 0.15) is 29.9 Å². The van der Waals surface area contributed by atoms with E-state index in [1.54, 1.807) is 11.8 Å². The Hall–Kier alpha value is -1.33. The maximum absolute atomic E-state index is 4.33. The van der Waals surface area contributed by atoms with Crippen LogP contribution in [0.5, 0.6) is 0 Å². The molecule has 0 aliphatic heterocycles. The molecule has 0 aliphatic carbocycles. The van der Waals surface area contributed by atoms with E-state index >= 15 is 0 Å². The van der Waals surface area contributed by atoms with E-state index in [1.807, 2.05) is 6.92 Å². The molecule has 2 rings (SSSR count). The number of benzene rings is 1. The van der Waals surface area contributed by atoms with E-state index in [2.05, 4.69) is 58.6 Å². The molecule has 2 aromatic rings. The fraction of sp³-hybridized carbons (Fsp3) is 0.429. The van der Waals surface area contributed by atoms with Crippen LogP contribution in [0, 0.1) is 13.8 Å². The predicted molar refractivity (Wildman–Crippen MR) is 79.4 cm³/mol. The van der Waals surface area contributed by atoms with Crippen LogP contribution in [-0.4, -0.2) is 27.5 Å². The van der Waals surface area contributed by atoms with Gasteiger partial charge in [0, 0.05) is 11.8 Å². The van der Waals surface area contributed by atoms with Crippen molar-refractivity contribution in [3.8, 4) is 0 Å². The van der Waals surface area contributed by atoms with Gasteiger partial charge in [0.05, 0.1) is 0 Å². The molecule has 1 atom stereocenters. The highest BCUT2D eigenvalue weighted by Crippen LogP contribution is 2.24. The molecule has 0 bridgehead atoms. The van der Waals surface area contributed by atoms with Crippen LogP contribution in [0.4, 0.5) is 0 Å². The van der Waals surface area contributed by atoms with Crippen molar-refractivity contribution in [2.24, 2.45) is 0 Å². The number of hydrogen-bond donors (Lipinski definition) is 2. The first-order valence-electron chi connectivity index (χ1n) is 6.51. The number of hydrogen-bond acceptors (Lipinski definition) is 4. The summed E-state index contributed by atoms with van der Waals surface area (Å²) in [6.07, 6.45) is 0. The molecule has 0 fully saturated rings. The molecule has 1 aromatic carbocycles. The SMILES string of the molecule is CCNC(CSc1n[nH]c(C)n1)c1ccccc1C. The summed E-state index contributed by atoms with van der Waals surface area (Å²) in [5, 5.41) is 11.4. The lowest BCUT2D eigenvalue weighted by Crippen LogP contribution is -2.23. The van der Waals surface area contributed by atoms with E-state index in [4.69, 9.17) is 0 Å². The monoisotopic (exact) mass is 276 g/mol. The quantitative estimate of drug-likeness (QED) is 0.797. The molecule has 102 valence electrons. The minimum Gasteiger partial charge on any atom is -0.309 e. The number of H-pyrrole nitrogens is 1. The summed E-state index contributed by atoms with van der Waals surface area (Å²) in [6, 6.07) is 8.84. The first kappa shape index (κ1) is 14.1. The lowest BCUT2D eigenvalue weighted by molar-refractivity contribution is 0.602. The lowest BCUT2D eigenvalue weighted by atomic mass is 10.0. The van der Waals surface area contributed by atoms with Crippen molar-refractivity contribution in [1.82, 2.24) is 20.5 Å². The Morgan fingerprint density at radius 3 is 2.74 bits per heavy atom. The van der Waals surface area contributed by atoms with Crippen LogP contribution in [0.2, 0.25) is 0 Å². The molecule has 4 nitrogen and oxygen atoms in total. The molecule has 2 N–H and O–H groups in total. The highest BCUT2D eigenvalue weighted by atomic mass is 32.2. The van der Waals surface area contributed by atoms with Gasteiger partial charge in [0.15, 0.2) is 0 Å². The Bertz CT molecular complexity index is 524. The van der Waals surface area contributed by atoms with Crippen LogP contribution in [0.25, 0.3) is 0 Å². The number of thioether (sulfide) groups is 1. The molecule has 1 unspecified atom stereocenters. The minimum absolute atomic E-state index is 0.329. The van der Waals surface area contributed by atoms with E-state index in [1.165, 1.54) is 11.1 Å². The zero-order valence-electron chi connectivity index (χ0n) is 11.6. The van der Waals surface area contributed by atoms with Crippen molar-refractivity contribution in [3.05, 3.63) is 41.2 Å². The van der Waals surface area contributed by atoms with Gasteiger partial charge < -0.3 is 5.32 Å². The second-order valence-corrected chi connectivity index (χ2v) is 5.47. The third-order valence-corrected chi connectivity index (χ3v) is 3.91. The zero-order chi connectivity index (χ0) is 13.7. The predicted octanol–water partition coefficient (Wildman–Crippen LogP) is 2.86. The number of rotatable bonds is 6. The fourth-order valence-corrected chi connectivity index (χ4v) is 2.95. The fourth-order valence-electron chi connectivity index (χ4n) is 2.03. The van der Waals surface area contributed by atoms with E-state index < -0.39 is 0 Å². The summed E-state index contributed by atoms with van der Waals surface area (Å²) in [4.78, 5) is 4.33. The standard InChI is InChI=1S/C14H20N4S/c1-4-15-13(12-8-6-5-7-10(12)2)9-19-14-16-11(3)17-18-14/h5-8,13,15H,4,9H2,1-3H3,(H,16,17,18). The summed E-state index contributed by atoms with van der Waals surface area (Å²) >= 11 is 1.68. The number of nitrogens with one attached hydrogen (secondary N) is 2. The van der Waals surface area contributed by atoms with E-state index in [0.29, 0.717) is 6.04 Å². The van der Waals surface area contributed by atoms with Gasteiger partial charge in [-0.3, -0.25) is 5.10 Å². The zero-order valence-corrected chi connectivity index (χ0v) is 12.4. The topological polar surface area (TPSA) is 53.6 Å².